The lowest BCUT2D eigenvalue weighted by atomic mass is 10.2. The van der Waals surface area contributed by atoms with Crippen LogP contribution in [0.5, 0.6) is 0 Å². The Morgan fingerprint density at radius 3 is 2.47 bits per heavy atom. The minimum Gasteiger partial charge on any atom is -0.466 e. The van der Waals surface area contributed by atoms with Crippen LogP contribution in [0.1, 0.15) is 6.92 Å². The molecule has 1 N–H and O–H groups in total. The van der Waals surface area contributed by atoms with Gasteiger partial charge in [0, 0.05) is 23.9 Å². The van der Waals surface area contributed by atoms with Crippen LogP contribution in [0.3, 0.4) is 0 Å². The van der Waals surface area contributed by atoms with E-state index in [0.717, 1.165) is 6.07 Å². The van der Waals surface area contributed by atoms with Gasteiger partial charge in [0.15, 0.2) is 0 Å². The number of ether oxygens (including phenoxy) is 1. The Labute approximate surface area is 98.1 Å². The molecule has 5 heteroatoms. The van der Waals surface area contributed by atoms with Gasteiger partial charge in [0.25, 0.3) is 0 Å². The molecular weight excluding hydrogens is 228 g/mol. The summed E-state index contributed by atoms with van der Waals surface area (Å²) in [6, 6.07) is 3.13. The van der Waals surface area contributed by atoms with Crippen molar-refractivity contribution in [3.8, 4) is 0 Å². The summed E-state index contributed by atoms with van der Waals surface area (Å²) < 4.78 is 30.2. The quantitative estimate of drug-likeness (QED) is 0.650. The molecule has 0 aliphatic heterocycles. The molecule has 0 amide bonds. The number of nitrogens with one attached hydrogen (secondary N) is 1. The molecule has 0 aliphatic rings. The average molecular weight is 241 g/mol. The second kappa shape index (κ2) is 5.98. The van der Waals surface area contributed by atoms with Crippen LogP contribution in [0.4, 0.5) is 14.5 Å². The number of halogens is 2. The highest BCUT2D eigenvalue weighted by molar-refractivity contribution is 5.87. The molecule has 1 aromatic rings. The predicted octanol–water partition coefficient (Wildman–Crippen LogP) is 2.50. The fourth-order valence-corrected chi connectivity index (χ4v) is 1.22. The number of anilines is 1. The molecule has 3 nitrogen and oxygen atoms in total. The fourth-order valence-electron chi connectivity index (χ4n) is 1.22. The zero-order chi connectivity index (χ0) is 12.8. The Balaban J connectivity index is 2.59. The predicted molar refractivity (Wildman–Crippen MR) is 60.6 cm³/mol. The first-order chi connectivity index (χ1) is 8.02. The Kier molecular flexibility index (Phi) is 4.63. The summed E-state index contributed by atoms with van der Waals surface area (Å²) in [7, 11) is 1.29. The molecule has 0 heterocycles. The molecule has 0 unspecified atom stereocenters. The van der Waals surface area contributed by atoms with Crippen molar-refractivity contribution in [2.75, 3.05) is 19.0 Å². The topological polar surface area (TPSA) is 38.3 Å². The molecule has 0 aromatic heterocycles. The Morgan fingerprint density at radius 1 is 1.35 bits per heavy atom. The number of carbonyl (C=O) groups is 1. The first kappa shape index (κ1) is 13.2. The van der Waals surface area contributed by atoms with Crippen LogP contribution in [0.15, 0.2) is 29.8 Å². The molecule has 0 saturated carbocycles. The molecule has 0 saturated heterocycles. The number of methoxy groups -OCH3 is 1. The molecule has 17 heavy (non-hydrogen) atoms. The molecule has 1 rings (SSSR count). The summed E-state index contributed by atoms with van der Waals surface area (Å²) in [5.41, 5.74) is 0.744. The maximum atomic E-state index is 12.8. The van der Waals surface area contributed by atoms with Crippen molar-refractivity contribution in [2.45, 2.75) is 6.92 Å². The van der Waals surface area contributed by atoms with Gasteiger partial charge >= 0.3 is 5.97 Å². The zero-order valence-corrected chi connectivity index (χ0v) is 9.59. The van der Waals surface area contributed by atoms with Gasteiger partial charge < -0.3 is 10.1 Å². The highest BCUT2D eigenvalue weighted by Gasteiger charge is 2.02. The molecule has 0 aliphatic carbocycles. The summed E-state index contributed by atoms with van der Waals surface area (Å²) in [5.74, 6) is -1.74. The molecular formula is C12H13F2NO2. The lowest BCUT2D eigenvalue weighted by Gasteiger charge is -2.04. The molecule has 0 radical (unpaired) electrons. The van der Waals surface area contributed by atoms with Crippen LogP contribution < -0.4 is 5.32 Å². The second-order valence-corrected chi connectivity index (χ2v) is 3.42. The SMILES string of the molecule is COC(=O)/C(C)=C/CNc1cc(F)cc(F)c1. The summed E-state index contributed by atoms with van der Waals surface area (Å²) in [4.78, 5) is 11.0. The molecule has 0 bridgehead atoms. The monoisotopic (exact) mass is 241 g/mol. The van der Waals surface area contributed by atoms with Crippen molar-refractivity contribution in [2.24, 2.45) is 0 Å². The standard InChI is InChI=1S/C12H13F2NO2/c1-8(12(16)17-2)3-4-15-11-6-9(13)5-10(14)7-11/h3,5-7,15H,4H2,1-2H3/b8-3+. The molecule has 0 spiro atoms. The van der Waals surface area contributed by atoms with Crippen LogP contribution in [0.25, 0.3) is 0 Å². The third kappa shape index (κ3) is 4.22. The van der Waals surface area contributed by atoms with E-state index in [2.05, 4.69) is 10.1 Å². The third-order valence-electron chi connectivity index (χ3n) is 2.08. The van der Waals surface area contributed by atoms with Gasteiger partial charge in [-0.05, 0) is 19.1 Å². The first-order valence-electron chi connectivity index (χ1n) is 4.98. The van der Waals surface area contributed by atoms with E-state index < -0.39 is 17.6 Å². The molecule has 0 atom stereocenters. The fraction of sp³-hybridized carbons (Fsp3) is 0.250. The van der Waals surface area contributed by atoms with E-state index in [9.17, 15) is 13.6 Å². The maximum absolute atomic E-state index is 12.8. The molecule has 0 fully saturated rings. The van der Waals surface area contributed by atoms with Crippen molar-refractivity contribution < 1.29 is 18.3 Å². The minimum atomic E-state index is -0.652. The Hall–Kier alpha value is -1.91. The van der Waals surface area contributed by atoms with Gasteiger partial charge in [0.05, 0.1) is 7.11 Å². The normalized spacial score (nSPS) is 11.2. The van der Waals surface area contributed by atoms with E-state index in [4.69, 9.17) is 0 Å². The number of hydrogen-bond acceptors (Lipinski definition) is 3. The van der Waals surface area contributed by atoms with Crippen LogP contribution in [0, 0.1) is 11.6 Å². The van der Waals surface area contributed by atoms with E-state index in [1.54, 1.807) is 13.0 Å². The number of benzene rings is 1. The second-order valence-electron chi connectivity index (χ2n) is 3.42. The van der Waals surface area contributed by atoms with Gasteiger partial charge in [-0.3, -0.25) is 0 Å². The summed E-state index contributed by atoms with van der Waals surface area (Å²) in [6.45, 7) is 1.88. The van der Waals surface area contributed by atoms with Gasteiger partial charge in [-0.25, -0.2) is 13.6 Å². The Bertz CT molecular complexity index is 424. The van der Waals surface area contributed by atoms with Crippen molar-refractivity contribution >= 4 is 11.7 Å². The zero-order valence-electron chi connectivity index (χ0n) is 9.59. The highest BCUT2D eigenvalue weighted by atomic mass is 19.1. The first-order valence-corrected chi connectivity index (χ1v) is 4.98. The highest BCUT2D eigenvalue weighted by Crippen LogP contribution is 2.12. The lowest BCUT2D eigenvalue weighted by Crippen LogP contribution is -2.05. The van der Waals surface area contributed by atoms with Crippen LogP contribution in [-0.2, 0) is 9.53 Å². The van der Waals surface area contributed by atoms with Gasteiger partial charge in [-0.1, -0.05) is 6.08 Å². The van der Waals surface area contributed by atoms with E-state index in [0.29, 0.717) is 11.3 Å². The summed E-state index contributed by atoms with van der Waals surface area (Å²) in [5, 5.41) is 2.77. The van der Waals surface area contributed by atoms with Crippen molar-refractivity contribution in [3.63, 3.8) is 0 Å². The van der Waals surface area contributed by atoms with E-state index in [-0.39, 0.29) is 6.54 Å². The van der Waals surface area contributed by atoms with Crippen molar-refractivity contribution in [3.05, 3.63) is 41.5 Å². The van der Waals surface area contributed by atoms with Crippen molar-refractivity contribution in [1.82, 2.24) is 0 Å². The van der Waals surface area contributed by atoms with E-state index >= 15 is 0 Å². The van der Waals surface area contributed by atoms with Gasteiger partial charge in [0.2, 0.25) is 0 Å². The molecule has 92 valence electrons. The van der Waals surface area contributed by atoms with Gasteiger partial charge in [0.1, 0.15) is 11.6 Å². The Morgan fingerprint density at radius 2 is 1.94 bits per heavy atom. The van der Waals surface area contributed by atoms with Crippen molar-refractivity contribution in [1.29, 1.82) is 0 Å². The van der Waals surface area contributed by atoms with Crippen LogP contribution in [0.2, 0.25) is 0 Å². The van der Waals surface area contributed by atoms with E-state index in [1.165, 1.54) is 19.2 Å². The maximum Gasteiger partial charge on any atom is 0.333 e. The summed E-state index contributed by atoms with van der Waals surface area (Å²) in [6.07, 6.45) is 1.58. The number of esters is 1. The smallest absolute Gasteiger partial charge is 0.333 e. The van der Waals surface area contributed by atoms with E-state index in [1.807, 2.05) is 0 Å². The average Bonchev–Trinajstić information content (AvgIpc) is 2.26. The lowest BCUT2D eigenvalue weighted by molar-refractivity contribution is -0.136. The number of carbonyl (C=O) groups excluding carboxylic acids is 1. The third-order valence-corrected chi connectivity index (χ3v) is 2.08. The van der Waals surface area contributed by atoms with Crippen LogP contribution in [-0.4, -0.2) is 19.6 Å². The summed E-state index contributed by atoms with van der Waals surface area (Å²) >= 11 is 0. The minimum absolute atomic E-state index is 0.282. The van der Waals surface area contributed by atoms with Crippen LogP contribution >= 0.6 is 0 Å². The number of hydrogen-bond donors (Lipinski definition) is 1. The number of rotatable bonds is 4. The van der Waals surface area contributed by atoms with Gasteiger partial charge in [-0.2, -0.15) is 0 Å². The molecule has 1 aromatic carbocycles. The largest absolute Gasteiger partial charge is 0.466 e. The van der Waals surface area contributed by atoms with Gasteiger partial charge in [-0.15, -0.1) is 0 Å².